The van der Waals surface area contributed by atoms with E-state index in [1.807, 2.05) is 12.1 Å². The molecule has 0 unspecified atom stereocenters. The number of primary sulfonamides is 1. The van der Waals surface area contributed by atoms with Gasteiger partial charge in [0.1, 0.15) is 0 Å². The Labute approximate surface area is 109 Å². The minimum Gasteiger partial charge on any atom is -0.399 e. The maximum Gasteiger partial charge on any atom is 0.238 e. The molecule has 2 aromatic carbocycles. The summed E-state index contributed by atoms with van der Waals surface area (Å²) in [5.74, 6) is 0. The lowest BCUT2D eigenvalue weighted by Gasteiger charge is -2.04. The summed E-state index contributed by atoms with van der Waals surface area (Å²) in [6.45, 7) is 0. The Morgan fingerprint density at radius 3 is 2.42 bits per heavy atom. The minimum absolute atomic E-state index is 0.0802. The number of aromatic nitrogens is 1. The van der Waals surface area contributed by atoms with Crippen molar-refractivity contribution in [2.24, 2.45) is 5.14 Å². The maximum absolute atomic E-state index is 11.3. The van der Waals surface area contributed by atoms with Gasteiger partial charge in [0.25, 0.3) is 0 Å². The molecule has 19 heavy (non-hydrogen) atoms. The number of benzene rings is 2. The third kappa shape index (κ3) is 2.11. The molecular weight excluding hydrogens is 262 g/mol. The van der Waals surface area contributed by atoms with Crippen LogP contribution in [0.4, 0.5) is 5.69 Å². The van der Waals surface area contributed by atoms with Gasteiger partial charge in [-0.05, 0) is 36.4 Å². The molecule has 0 bridgehead atoms. The van der Waals surface area contributed by atoms with Gasteiger partial charge in [0.2, 0.25) is 10.0 Å². The first-order chi connectivity index (χ1) is 8.93. The van der Waals surface area contributed by atoms with Gasteiger partial charge in [0.15, 0.2) is 0 Å². The molecule has 4 N–H and O–H groups in total. The van der Waals surface area contributed by atoms with Crippen molar-refractivity contribution in [3.63, 3.8) is 0 Å². The lowest BCUT2D eigenvalue weighted by atomic mass is 10.1. The van der Waals surface area contributed by atoms with Crippen LogP contribution >= 0.6 is 0 Å². The Kier molecular flexibility index (Phi) is 2.44. The summed E-state index contributed by atoms with van der Waals surface area (Å²) < 4.78 is 22.7. The molecule has 0 aliphatic rings. The molecule has 0 saturated heterocycles. The number of nitrogens with two attached hydrogens (primary N) is 2. The van der Waals surface area contributed by atoms with E-state index in [9.17, 15) is 8.42 Å². The van der Waals surface area contributed by atoms with Gasteiger partial charge < -0.3 is 5.73 Å². The van der Waals surface area contributed by atoms with Crippen LogP contribution in [-0.4, -0.2) is 13.4 Å². The van der Waals surface area contributed by atoms with Crippen LogP contribution in [0.5, 0.6) is 0 Å². The number of rotatable bonds is 1. The van der Waals surface area contributed by atoms with Crippen LogP contribution in [0.2, 0.25) is 0 Å². The van der Waals surface area contributed by atoms with E-state index in [0.29, 0.717) is 11.2 Å². The van der Waals surface area contributed by atoms with E-state index in [4.69, 9.17) is 10.9 Å². The number of hydrogen-bond acceptors (Lipinski definition) is 4. The van der Waals surface area contributed by atoms with Crippen molar-refractivity contribution in [2.75, 3.05) is 5.73 Å². The number of pyridine rings is 1. The van der Waals surface area contributed by atoms with E-state index in [-0.39, 0.29) is 4.90 Å². The molecule has 3 rings (SSSR count). The first-order valence-corrected chi connectivity index (χ1v) is 7.11. The van der Waals surface area contributed by atoms with Gasteiger partial charge in [-0.3, -0.25) is 0 Å². The Morgan fingerprint density at radius 1 is 0.895 bits per heavy atom. The third-order valence-electron chi connectivity index (χ3n) is 2.93. The van der Waals surface area contributed by atoms with Gasteiger partial charge in [-0.1, -0.05) is 6.07 Å². The highest BCUT2D eigenvalue weighted by Crippen LogP contribution is 2.23. The zero-order chi connectivity index (χ0) is 13.6. The molecule has 0 fully saturated rings. The second kappa shape index (κ2) is 3.91. The summed E-state index contributed by atoms with van der Waals surface area (Å²) in [5, 5.41) is 6.74. The molecule has 0 radical (unpaired) electrons. The van der Waals surface area contributed by atoms with Crippen molar-refractivity contribution in [1.82, 2.24) is 4.98 Å². The van der Waals surface area contributed by atoms with Crippen molar-refractivity contribution in [2.45, 2.75) is 4.90 Å². The molecule has 1 heterocycles. The highest BCUT2D eigenvalue weighted by Gasteiger charge is 2.09. The molecule has 1 aromatic heterocycles. The number of hydrogen-bond donors (Lipinski definition) is 2. The average Bonchev–Trinajstić information content (AvgIpc) is 2.34. The van der Waals surface area contributed by atoms with Gasteiger partial charge in [-0.2, -0.15) is 0 Å². The quantitative estimate of drug-likeness (QED) is 0.519. The van der Waals surface area contributed by atoms with Gasteiger partial charge in [0.05, 0.1) is 15.9 Å². The smallest absolute Gasteiger partial charge is 0.238 e. The Balaban J connectivity index is 2.35. The zero-order valence-corrected chi connectivity index (χ0v) is 10.7. The van der Waals surface area contributed by atoms with E-state index in [1.54, 1.807) is 18.2 Å². The lowest BCUT2D eigenvalue weighted by molar-refractivity contribution is 0.598. The van der Waals surface area contributed by atoms with E-state index in [2.05, 4.69) is 4.98 Å². The molecule has 0 atom stereocenters. The molecule has 5 nitrogen and oxygen atoms in total. The van der Waals surface area contributed by atoms with E-state index >= 15 is 0 Å². The molecular formula is C13H11N3O2S. The van der Waals surface area contributed by atoms with Crippen LogP contribution in [0.3, 0.4) is 0 Å². The molecule has 3 aromatic rings. The SMILES string of the molecule is Nc1ccc2cc3cc(S(N)(=O)=O)ccc3nc2c1. The normalized spacial score (nSPS) is 12.1. The molecule has 96 valence electrons. The van der Waals surface area contributed by atoms with Crippen LogP contribution in [0.1, 0.15) is 0 Å². The van der Waals surface area contributed by atoms with Gasteiger partial charge in [0, 0.05) is 16.5 Å². The predicted octanol–water partition coefficient (Wildman–Crippen LogP) is 1.62. The summed E-state index contributed by atoms with van der Waals surface area (Å²) in [5.41, 5.74) is 7.83. The highest BCUT2D eigenvalue weighted by atomic mass is 32.2. The fourth-order valence-electron chi connectivity index (χ4n) is 2.00. The molecule has 0 aliphatic carbocycles. The Bertz CT molecular complexity index is 904. The lowest BCUT2D eigenvalue weighted by Crippen LogP contribution is -2.11. The van der Waals surface area contributed by atoms with E-state index in [0.717, 1.165) is 16.3 Å². The number of anilines is 1. The van der Waals surface area contributed by atoms with E-state index in [1.165, 1.54) is 12.1 Å². The summed E-state index contributed by atoms with van der Waals surface area (Å²) in [7, 11) is -3.70. The molecule has 0 amide bonds. The maximum atomic E-state index is 11.3. The van der Waals surface area contributed by atoms with Crippen LogP contribution in [0.25, 0.3) is 21.8 Å². The fourth-order valence-corrected chi connectivity index (χ4v) is 2.55. The number of sulfonamides is 1. The van der Waals surface area contributed by atoms with Crippen molar-refractivity contribution < 1.29 is 8.42 Å². The molecule has 6 heteroatoms. The monoisotopic (exact) mass is 273 g/mol. The van der Waals surface area contributed by atoms with Crippen LogP contribution in [-0.2, 0) is 10.0 Å². The standard InChI is InChI=1S/C13H11N3O2S/c14-10-2-1-8-5-9-6-11(19(15,17)18)3-4-12(9)16-13(8)7-10/h1-7H,14H2,(H2,15,17,18). The largest absolute Gasteiger partial charge is 0.399 e. The number of nitrogen functional groups attached to an aromatic ring is 1. The van der Waals surface area contributed by atoms with Crippen molar-refractivity contribution in [3.05, 3.63) is 42.5 Å². The molecule has 0 saturated carbocycles. The fraction of sp³-hybridized carbons (Fsp3) is 0. The predicted molar refractivity (Wildman–Crippen MR) is 75.0 cm³/mol. The summed E-state index contributed by atoms with van der Waals surface area (Å²) in [6, 6.07) is 11.9. The van der Waals surface area contributed by atoms with Gasteiger partial charge in [-0.25, -0.2) is 18.5 Å². The minimum atomic E-state index is -3.70. The average molecular weight is 273 g/mol. The second-order valence-electron chi connectivity index (χ2n) is 4.34. The second-order valence-corrected chi connectivity index (χ2v) is 5.90. The van der Waals surface area contributed by atoms with Crippen molar-refractivity contribution in [1.29, 1.82) is 0 Å². The van der Waals surface area contributed by atoms with Crippen LogP contribution in [0, 0.1) is 0 Å². The third-order valence-corrected chi connectivity index (χ3v) is 3.84. The zero-order valence-electron chi connectivity index (χ0n) is 9.87. The number of nitrogens with zero attached hydrogens (tertiary/aromatic N) is 1. The van der Waals surface area contributed by atoms with Crippen LogP contribution < -0.4 is 10.9 Å². The Morgan fingerprint density at radius 2 is 1.68 bits per heavy atom. The summed E-state index contributed by atoms with van der Waals surface area (Å²) in [6.07, 6.45) is 0. The Hall–Kier alpha value is -2.18. The highest BCUT2D eigenvalue weighted by molar-refractivity contribution is 7.89. The van der Waals surface area contributed by atoms with Crippen molar-refractivity contribution in [3.8, 4) is 0 Å². The van der Waals surface area contributed by atoms with Crippen molar-refractivity contribution >= 4 is 37.5 Å². The summed E-state index contributed by atoms with van der Waals surface area (Å²) in [4.78, 5) is 4.53. The van der Waals surface area contributed by atoms with Gasteiger partial charge >= 0.3 is 0 Å². The van der Waals surface area contributed by atoms with E-state index < -0.39 is 10.0 Å². The summed E-state index contributed by atoms with van der Waals surface area (Å²) >= 11 is 0. The first kappa shape index (κ1) is 11.9. The molecule has 0 spiro atoms. The first-order valence-electron chi connectivity index (χ1n) is 5.56. The molecule has 0 aliphatic heterocycles. The van der Waals surface area contributed by atoms with Gasteiger partial charge in [-0.15, -0.1) is 0 Å². The topological polar surface area (TPSA) is 99.1 Å². The van der Waals surface area contributed by atoms with Crippen LogP contribution in [0.15, 0.2) is 47.4 Å². The number of fused-ring (bicyclic) bond motifs is 2.